The second-order valence-corrected chi connectivity index (χ2v) is 18.4. The Morgan fingerprint density at radius 2 is 1.59 bits per heavy atom. The van der Waals surface area contributed by atoms with E-state index in [0.717, 1.165) is 51.4 Å². The average molecular weight is 725 g/mol. The molecule has 3 N–H and O–H groups in total. The van der Waals surface area contributed by atoms with Crippen LogP contribution in [0.15, 0.2) is 0 Å². The minimum atomic E-state index is -1.55. The number of hydrogen-bond donors (Lipinski definition) is 3. The molecule has 7 unspecified atom stereocenters. The predicted molar refractivity (Wildman–Crippen MR) is 189 cm³/mol. The van der Waals surface area contributed by atoms with Crippen LogP contribution in [0.3, 0.4) is 0 Å². The maximum absolute atomic E-state index is 11.8. The molecular weight excluding hydrogens is 656 g/mol. The minimum Gasteiger partial charge on any atom is -0.481 e. The van der Waals surface area contributed by atoms with E-state index >= 15 is 0 Å². The molecule has 6 saturated heterocycles. The van der Waals surface area contributed by atoms with E-state index in [-0.39, 0.29) is 84.3 Å². The third kappa shape index (κ3) is 7.19. The zero-order valence-electron chi connectivity index (χ0n) is 32.8. The molecule has 6 aliphatic rings. The molecule has 1 spiro atoms. The van der Waals surface area contributed by atoms with E-state index in [9.17, 15) is 20.1 Å². The van der Waals surface area contributed by atoms with E-state index in [1.54, 1.807) is 14.0 Å². The minimum absolute atomic E-state index is 0.00727. The zero-order valence-corrected chi connectivity index (χ0v) is 32.8. The maximum Gasteiger partial charge on any atom is 0.308 e. The highest BCUT2D eigenvalue weighted by Gasteiger charge is 2.65. The van der Waals surface area contributed by atoms with E-state index in [0.29, 0.717) is 6.42 Å². The summed E-state index contributed by atoms with van der Waals surface area (Å²) in [6.07, 6.45) is 5.85. The second-order valence-electron chi connectivity index (χ2n) is 18.4. The largest absolute Gasteiger partial charge is 0.481 e. The molecule has 6 fully saturated rings. The molecular formula is C40H68O11. The summed E-state index contributed by atoms with van der Waals surface area (Å²) in [5.74, 6) is -3.26. The molecule has 6 rings (SSSR count). The van der Waals surface area contributed by atoms with Gasteiger partial charge in [-0.1, -0.05) is 41.5 Å². The molecule has 51 heavy (non-hydrogen) atoms. The summed E-state index contributed by atoms with van der Waals surface area (Å²) >= 11 is 0. The maximum atomic E-state index is 11.8. The fourth-order valence-corrected chi connectivity index (χ4v) is 11.3. The van der Waals surface area contributed by atoms with Crippen molar-refractivity contribution < 1.29 is 53.3 Å². The molecule has 0 amide bonds. The number of rotatable bonds is 9. The first kappa shape index (κ1) is 39.8. The number of ether oxygens (including phenoxy) is 7. The Labute approximate surface area is 305 Å². The quantitative estimate of drug-likeness (QED) is 0.269. The molecule has 6 heterocycles. The van der Waals surface area contributed by atoms with Gasteiger partial charge in [0.2, 0.25) is 0 Å². The van der Waals surface area contributed by atoms with Crippen molar-refractivity contribution >= 4 is 5.97 Å². The third-order valence-electron chi connectivity index (χ3n) is 14.4. The lowest BCUT2D eigenvalue weighted by Crippen LogP contribution is -2.58. The zero-order chi connectivity index (χ0) is 37.3. The molecule has 0 saturated carbocycles. The Bertz CT molecular complexity index is 1230. The van der Waals surface area contributed by atoms with Gasteiger partial charge >= 0.3 is 5.97 Å². The van der Waals surface area contributed by atoms with Crippen LogP contribution < -0.4 is 0 Å². The lowest BCUT2D eigenvalue weighted by atomic mass is 9.78. The molecule has 0 radical (unpaired) electrons. The fraction of sp³-hybridized carbons (Fsp3) is 0.975. The van der Waals surface area contributed by atoms with Crippen molar-refractivity contribution in [2.45, 2.75) is 192 Å². The van der Waals surface area contributed by atoms with Gasteiger partial charge in [0.1, 0.15) is 0 Å². The number of carboxylic acids is 1. The van der Waals surface area contributed by atoms with Crippen molar-refractivity contribution in [2.75, 3.05) is 13.7 Å². The van der Waals surface area contributed by atoms with Crippen LogP contribution in [0.5, 0.6) is 0 Å². The monoisotopic (exact) mass is 724 g/mol. The molecule has 0 aromatic rings. The summed E-state index contributed by atoms with van der Waals surface area (Å²) < 4.78 is 47.0. The van der Waals surface area contributed by atoms with Crippen LogP contribution in [0, 0.1) is 41.4 Å². The Balaban J connectivity index is 1.13. The summed E-state index contributed by atoms with van der Waals surface area (Å²) in [6, 6.07) is 0. The van der Waals surface area contributed by atoms with Crippen molar-refractivity contribution in [2.24, 2.45) is 41.4 Å². The average Bonchev–Trinajstić information content (AvgIpc) is 3.75. The van der Waals surface area contributed by atoms with Gasteiger partial charge in [-0.25, -0.2) is 0 Å². The van der Waals surface area contributed by atoms with E-state index in [1.807, 2.05) is 6.92 Å². The van der Waals surface area contributed by atoms with Crippen LogP contribution in [0.4, 0.5) is 0 Å². The molecule has 11 nitrogen and oxygen atoms in total. The topological polar surface area (TPSA) is 142 Å². The number of carbonyl (C=O) groups is 1. The van der Waals surface area contributed by atoms with Crippen molar-refractivity contribution in [1.29, 1.82) is 0 Å². The van der Waals surface area contributed by atoms with Crippen LogP contribution in [0.2, 0.25) is 0 Å². The normalized spacial score (nSPS) is 54.2. The lowest BCUT2D eigenvalue weighted by Gasteiger charge is -2.50. The Morgan fingerprint density at radius 3 is 2.25 bits per heavy atom. The number of hydrogen-bond acceptors (Lipinski definition) is 10. The van der Waals surface area contributed by atoms with Crippen LogP contribution >= 0.6 is 0 Å². The van der Waals surface area contributed by atoms with Crippen molar-refractivity contribution in [3.63, 3.8) is 0 Å². The molecule has 11 heteroatoms. The van der Waals surface area contributed by atoms with Gasteiger partial charge in [-0.15, -0.1) is 0 Å². The van der Waals surface area contributed by atoms with Gasteiger partial charge in [0.15, 0.2) is 11.6 Å². The Kier molecular flexibility index (Phi) is 11.4. The van der Waals surface area contributed by atoms with Gasteiger partial charge in [0.05, 0.1) is 72.6 Å². The van der Waals surface area contributed by atoms with Crippen molar-refractivity contribution in [3.8, 4) is 0 Å². The van der Waals surface area contributed by atoms with Crippen LogP contribution in [0.1, 0.15) is 120 Å². The number of aliphatic hydroxyl groups excluding tert-OH is 1. The fourth-order valence-electron chi connectivity index (χ4n) is 11.3. The van der Waals surface area contributed by atoms with Gasteiger partial charge < -0.3 is 48.5 Å². The molecule has 294 valence electrons. The summed E-state index contributed by atoms with van der Waals surface area (Å²) in [7, 11) is 1.77. The molecule has 0 aliphatic carbocycles. The molecule has 6 aliphatic heterocycles. The van der Waals surface area contributed by atoms with Gasteiger partial charge in [-0.05, 0) is 83.5 Å². The van der Waals surface area contributed by atoms with Gasteiger partial charge in [-0.3, -0.25) is 4.79 Å². The lowest BCUT2D eigenvalue weighted by molar-refractivity contribution is -0.353. The molecule has 0 aromatic heterocycles. The Hall–Kier alpha value is -0.890. The van der Waals surface area contributed by atoms with E-state index in [4.69, 9.17) is 33.2 Å². The number of aliphatic carboxylic acids is 1. The van der Waals surface area contributed by atoms with Gasteiger partial charge in [-0.2, -0.15) is 0 Å². The highest BCUT2D eigenvalue weighted by molar-refractivity contribution is 5.70. The SMILES string of the molecule is CO[C@@H]1CC(CC2CC[C@H](C)C([C@@H](C)C(=O)O)O2)O[C@]2(O[C@](C)(C3CC[C@](C)(C4OC(C5O[C@](O)(CO)[C@@H](C)C[C@H]5C)C[C@H]4C)O3)C[C@H]2C)[C@@H]1C. The first-order valence-electron chi connectivity index (χ1n) is 20.0. The van der Waals surface area contributed by atoms with Crippen LogP contribution in [-0.2, 0) is 38.0 Å². The van der Waals surface area contributed by atoms with E-state index in [1.165, 1.54) is 0 Å². The smallest absolute Gasteiger partial charge is 0.308 e. The predicted octanol–water partition coefficient (Wildman–Crippen LogP) is 5.71. The van der Waals surface area contributed by atoms with Crippen LogP contribution in [0.25, 0.3) is 0 Å². The highest BCUT2D eigenvalue weighted by Crippen LogP contribution is 2.57. The number of methoxy groups -OCH3 is 1. The number of aliphatic hydroxyl groups is 2. The highest BCUT2D eigenvalue weighted by atomic mass is 16.7. The first-order chi connectivity index (χ1) is 23.9. The summed E-state index contributed by atoms with van der Waals surface area (Å²) in [5, 5.41) is 30.7. The molecule has 0 bridgehead atoms. The molecule has 19 atom stereocenters. The van der Waals surface area contributed by atoms with Gasteiger partial charge in [0.25, 0.3) is 0 Å². The van der Waals surface area contributed by atoms with Crippen molar-refractivity contribution in [1.82, 2.24) is 0 Å². The first-order valence-corrected chi connectivity index (χ1v) is 20.0. The van der Waals surface area contributed by atoms with Crippen molar-refractivity contribution in [3.05, 3.63) is 0 Å². The Morgan fingerprint density at radius 1 is 0.863 bits per heavy atom. The summed E-state index contributed by atoms with van der Waals surface area (Å²) in [6.45, 7) is 18.4. The second kappa shape index (κ2) is 14.6. The molecule has 0 aromatic carbocycles. The summed E-state index contributed by atoms with van der Waals surface area (Å²) in [4.78, 5) is 11.8. The van der Waals surface area contributed by atoms with Gasteiger partial charge in [0, 0.05) is 37.7 Å². The third-order valence-corrected chi connectivity index (χ3v) is 14.4. The van der Waals surface area contributed by atoms with E-state index in [2.05, 4.69) is 48.5 Å². The summed E-state index contributed by atoms with van der Waals surface area (Å²) in [5.41, 5.74) is -1.10. The standard InChI is InChI=1S/C40H68O11/c1-21-11-12-28(46-33(21)26(6)36(42)43)17-29-18-30(45-10)27(7)40(48-29)25(5)19-38(9,51-40)32-13-14-37(8,49-32)35-23(3)16-31(47-35)34-22(2)15-24(4)39(44,20-41)50-34/h21-35,41,44H,11-20H2,1-10H3,(H,42,43)/t21-,22+,23+,24-,25+,26+,27+,28?,29?,30+,31?,32?,33?,34?,35?,37+,38-,39+,40+/m0/s1. The number of carboxylic acid groups (broad SMARTS) is 1. The van der Waals surface area contributed by atoms with Crippen LogP contribution in [-0.4, -0.2) is 107 Å². The van der Waals surface area contributed by atoms with E-state index < -0.39 is 41.3 Å².